The standard InChI is InChI=1S/C22H21FN6/c23-19-6-2-1-5-17(19)22-18-9-20(26-12-21(18)27-28-22)14-8-16(11-25-10-14)29-7-3-4-15(24)13-29/h1-2,5-6,8-12,15H,3-4,7,13,24H2,(H,27,28)/t15-/m0/s1. The molecule has 29 heavy (non-hydrogen) atoms. The van der Waals surface area contributed by atoms with Crippen molar-refractivity contribution in [2.45, 2.75) is 18.9 Å². The first-order chi connectivity index (χ1) is 14.2. The highest BCUT2D eigenvalue weighted by molar-refractivity contribution is 5.94. The van der Waals surface area contributed by atoms with Gasteiger partial charge in [-0.25, -0.2) is 4.39 Å². The van der Waals surface area contributed by atoms with Gasteiger partial charge in [0.05, 0.1) is 29.3 Å². The average Bonchev–Trinajstić information content (AvgIpc) is 3.17. The van der Waals surface area contributed by atoms with Crippen molar-refractivity contribution in [2.24, 2.45) is 5.73 Å². The van der Waals surface area contributed by atoms with E-state index in [1.165, 1.54) is 6.07 Å². The number of piperidine rings is 1. The van der Waals surface area contributed by atoms with Crippen molar-refractivity contribution in [1.29, 1.82) is 0 Å². The van der Waals surface area contributed by atoms with Crippen LogP contribution in [0.25, 0.3) is 33.4 Å². The summed E-state index contributed by atoms with van der Waals surface area (Å²) < 4.78 is 14.3. The summed E-state index contributed by atoms with van der Waals surface area (Å²) in [6, 6.07) is 10.9. The van der Waals surface area contributed by atoms with Crippen LogP contribution < -0.4 is 10.6 Å². The van der Waals surface area contributed by atoms with Crippen molar-refractivity contribution in [2.75, 3.05) is 18.0 Å². The van der Waals surface area contributed by atoms with Crippen LogP contribution >= 0.6 is 0 Å². The summed E-state index contributed by atoms with van der Waals surface area (Å²) in [7, 11) is 0. The van der Waals surface area contributed by atoms with E-state index in [4.69, 9.17) is 5.73 Å². The fourth-order valence-electron chi connectivity index (χ4n) is 3.92. The smallest absolute Gasteiger partial charge is 0.132 e. The Bertz CT molecular complexity index is 1170. The van der Waals surface area contributed by atoms with Crippen molar-refractivity contribution in [3.63, 3.8) is 0 Å². The number of pyridine rings is 2. The summed E-state index contributed by atoms with van der Waals surface area (Å²) in [5.41, 5.74) is 10.7. The van der Waals surface area contributed by atoms with Crippen LogP contribution in [0.5, 0.6) is 0 Å². The molecule has 0 bridgehead atoms. The van der Waals surface area contributed by atoms with Crippen LogP contribution in [0, 0.1) is 5.82 Å². The normalized spacial score (nSPS) is 17.0. The molecular weight excluding hydrogens is 367 g/mol. The molecule has 1 aliphatic rings. The fraction of sp³-hybridized carbons (Fsp3) is 0.227. The Hall–Kier alpha value is -3.32. The Morgan fingerprint density at radius 2 is 2.03 bits per heavy atom. The molecule has 0 aliphatic carbocycles. The van der Waals surface area contributed by atoms with Crippen molar-refractivity contribution in [3.05, 3.63) is 60.8 Å². The topological polar surface area (TPSA) is 83.7 Å². The van der Waals surface area contributed by atoms with Gasteiger partial charge in [0.2, 0.25) is 0 Å². The van der Waals surface area contributed by atoms with Gasteiger partial charge in [0, 0.05) is 41.8 Å². The number of fused-ring (bicyclic) bond motifs is 1. The first kappa shape index (κ1) is 17.8. The Morgan fingerprint density at radius 3 is 2.90 bits per heavy atom. The maximum atomic E-state index is 14.3. The molecule has 0 radical (unpaired) electrons. The highest BCUT2D eigenvalue weighted by atomic mass is 19.1. The summed E-state index contributed by atoms with van der Waals surface area (Å²) in [5, 5.41) is 8.09. The van der Waals surface area contributed by atoms with Crippen LogP contribution in [-0.2, 0) is 0 Å². The predicted octanol–water partition coefficient (Wildman–Crippen LogP) is 3.75. The minimum atomic E-state index is -0.302. The molecular formula is C22H21FN6. The molecule has 1 aliphatic heterocycles. The molecule has 4 aromatic rings. The lowest BCUT2D eigenvalue weighted by Gasteiger charge is -2.32. The van der Waals surface area contributed by atoms with Gasteiger partial charge >= 0.3 is 0 Å². The molecule has 1 fully saturated rings. The monoisotopic (exact) mass is 388 g/mol. The maximum Gasteiger partial charge on any atom is 0.132 e. The number of rotatable bonds is 3. The summed E-state index contributed by atoms with van der Waals surface area (Å²) in [5.74, 6) is -0.302. The molecule has 0 spiro atoms. The molecule has 1 atom stereocenters. The minimum Gasteiger partial charge on any atom is -0.369 e. The third-order valence-electron chi connectivity index (χ3n) is 5.42. The Kier molecular flexibility index (Phi) is 4.44. The number of aromatic amines is 1. The first-order valence-electron chi connectivity index (χ1n) is 9.74. The second-order valence-electron chi connectivity index (χ2n) is 7.45. The summed E-state index contributed by atoms with van der Waals surface area (Å²) in [6.45, 7) is 1.81. The number of nitrogens with zero attached hydrogens (tertiary/aromatic N) is 4. The van der Waals surface area contributed by atoms with Gasteiger partial charge in [-0.1, -0.05) is 12.1 Å². The van der Waals surface area contributed by atoms with E-state index in [1.807, 2.05) is 12.3 Å². The number of nitrogens with one attached hydrogen (secondary N) is 1. The lowest BCUT2D eigenvalue weighted by Crippen LogP contribution is -2.42. The van der Waals surface area contributed by atoms with Gasteiger partial charge in [-0.05, 0) is 37.1 Å². The summed E-state index contributed by atoms with van der Waals surface area (Å²) >= 11 is 0. The van der Waals surface area contributed by atoms with Crippen LogP contribution in [-0.4, -0.2) is 39.3 Å². The zero-order valence-electron chi connectivity index (χ0n) is 15.8. The van der Waals surface area contributed by atoms with Crippen LogP contribution in [0.4, 0.5) is 10.1 Å². The molecule has 3 N–H and O–H groups in total. The number of hydrogen-bond acceptors (Lipinski definition) is 5. The van der Waals surface area contributed by atoms with Crippen molar-refractivity contribution in [1.82, 2.24) is 20.2 Å². The molecule has 4 heterocycles. The zero-order chi connectivity index (χ0) is 19.8. The molecule has 6 nitrogen and oxygen atoms in total. The quantitative estimate of drug-likeness (QED) is 0.558. The highest BCUT2D eigenvalue weighted by Crippen LogP contribution is 2.31. The Balaban J connectivity index is 1.55. The molecule has 0 saturated carbocycles. The molecule has 5 rings (SSSR count). The van der Waals surface area contributed by atoms with Crippen LogP contribution in [0.2, 0.25) is 0 Å². The van der Waals surface area contributed by atoms with E-state index in [2.05, 4.69) is 31.1 Å². The Morgan fingerprint density at radius 1 is 1.14 bits per heavy atom. The van der Waals surface area contributed by atoms with Gasteiger partial charge in [0.1, 0.15) is 11.5 Å². The van der Waals surface area contributed by atoms with Crippen molar-refractivity contribution in [3.8, 4) is 22.5 Å². The van der Waals surface area contributed by atoms with E-state index < -0.39 is 0 Å². The fourth-order valence-corrected chi connectivity index (χ4v) is 3.92. The van der Waals surface area contributed by atoms with E-state index in [9.17, 15) is 4.39 Å². The zero-order valence-corrected chi connectivity index (χ0v) is 15.8. The van der Waals surface area contributed by atoms with Gasteiger partial charge in [-0.2, -0.15) is 5.10 Å². The molecule has 146 valence electrons. The minimum absolute atomic E-state index is 0.191. The number of hydrogen-bond donors (Lipinski definition) is 2. The second-order valence-corrected chi connectivity index (χ2v) is 7.45. The predicted molar refractivity (Wildman–Crippen MR) is 112 cm³/mol. The van der Waals surface area contributed by atoms with E-state index >= 15 is 0 Å². The Labute approximate surface area is 167 Å². The third kappa shape index (κ3) is 3.34. The van der Waals surface area contributed by atoms with Crippen molar-refractivity contribution < 1.29 is 4.39 Å². The second kappa shape index (κ2) is 7.25. The number of nitrogens with two attached hydrogens (primary N) is 1. The number of aromatic nitrogens is 4. The summed E-state index contributed by atoms with van der Waals surface area (Å²) in [4.78, 5) is 11.2. The molecule has 1 aromatic carbocycles. The van der Waals surface area contributed by atoms with Gasteiger partial charge in [-0.15, -0.1) is 0 Å². The molecule has 3 aromatic heterocycles. The lowest BCUT2D eigenvalue weighted by molar-refractivity contribution is 0.506. The molecule has 0 amide bonds. The maximum absolute atomic E-state index is 14.3. The van der Waals surface area contributed by atoms with E-state index in [0.717, 1.165) is 53.8 Å². The van der Waals surface area contributed by atoms with Gasteiger partial charge < -0.3 is 10.6 Å². The van der Waals surface area contributed by atoms with Crippen LogP contribution in [0.3, 0.4) is 0 Å². The van der Waals surface area contributed by atoms with Crippen LogP contribution in [0.15, 0.2) is 55.0 Å². The van der Waals surface area contributed by atoms with E-state index in [1.54, 1.807) is 30.6 Å². The number of H-pyrrole nitrogens is 1. The number of anilines is 1. The highest BCUT2D eigenvalue weighted by Gasteiger charge is 2.18. The summed E-state index contributed by atoms with van der Waals surface area (Å²) in [6.07, 6.45) is 7.52. The van der Waals surface area contributed by atoms with Gasteiger partial charge in [0.25, 0.3) is 0 Å². The number of benzene rings is 1. The van der Waals surface area contributed by atoms with Crippen LogP contribution in [0.1, 0.15) is 12.8 Å². The molecule has 1 saturated heterocycles. The molecule has 7 heteroatoms. The average molecular weight is 388 g/mol. The third-order valence-corrected chi connectivity index (χ3v) is 5.42. The van der Waals surface area contributed by atoms with Gasteiger partial charge in [0.15, 0.2) is 0 Å². The largest absolute Gasteiger partial charge is 0.369 e. The van der Waals surface area contributed by atoms with E-state index in [0.29, 0.717) is 11.3 Å². The van der Waals surface area contributed by atoms with Crippen molar-refractivity contribution >= 4 is 16.6 Å². The first-order valence-corrected chi connectivity index (χ1v) is 9.74. The lowest BCUT2D eigenvalue weighted by atomic mass is 10.0. The SMILES string of the molecule is N[C@H]1CCCN(c2cncc(-c3cc4c(-c5ccccc5F)n[nH]c4cn3)c2)C1. The number of halogens is 1. The van der Waals surface area contributed by atoms with Gasteiger partial charge in [-0.3, -0.25) is 15.1 Å². The molecule has 0 unspecified atom stereocenters. The van der Waals surface area contributed by atoms with E-state index in [-0.39, 0.29) is 11.9 Å².